The van der Waals surface area contributed by atoms with Crippen LogP contribution in [-0.2, 0) is 0 Å². The maximum Gasteiger partial charge on any atom is 0.191 e. The van der Waals surface area contributed by atoms with E-state index in [4.69, 9.17) is 4.74 Å². The zero-order valence-corrected chi connectivity index (χ0v) is 16.2. The molecule has 0 aliphatic heterocycles. The molecule has 124 valence electrons. The number of nitrogens with zero attached hydrogens (tertiary/aromatic N) is 1. The molecule has 0 fully saturated rings. The van der Waals surface area contributed by atoms with Gasteiger partial charge in [-0.1, -0.05) is 24.3 Å². The van der Waals surface area contributed by atoms with Gasteiger partial charge in [-0.2, -0.15) is 11.8 Å². The van der Waals surface area contributed by atoms with Crippen molar-refractivity contribution < 1.29 is 4.74 Å². The number of aliphatic imine (C=N–C) groups is 1. The molecule has 6 heteroatoms. The maximum atomic E-state index is 5.63. The van der Waals surface area contributed by atoms with Crippen LogP contribution in [0.3, 0.4) is 0 Å². The summed E-state index contributed by atoms with van der Waals surface area (Å²) in [5.41, 5.74) is 0. The summed E-state index contributed by atoms with van der Waals surface area (Å²) in [5.74, 6) is 3.79. The van der Waals surface area contributed by atoms with Crippen LogP contribution < -0.4 is 15.4 Å². The van der Waals surface area contributed by atoms with Crippen molar-refractivity contribution in [2.75, 3.05) is 38.2 Å². The third-order valence-corrected chi connectivity index (χ3v) is 3.59. The van der Waals surface area contributed by atoms with Gasteiger partial charge in [-0.25, -0.2) is 0 Å². The standard InChI is InChI=1S/C16H25N3OS.HI/c1-3-13-21-14-11-19-16(17-2)18-10-7-12-20-15-8-5-4-6-9-15;/h3-6,8-9H,1,7,10-14H2,2H3,(H2,17,18,19);1H. The monoisotopic (exact) mass is 435 g/mol. The molecule has 0 saturated heterocycles. The molecule has 0 bridgehead atoms. The molecule has 0 heterocycles. The Kier molecular flexibility index (Phi) is 14.4. The van der Waals surface area contributed by atoms with Gasteiger partial charge in [-0.05, 0) is 18.6 Å². The number of hydrogen-bond acceptors (Lipinski definition) is 3. The summed E-state index contributed by atoms with van der Waals surface area (Å²) in [5, 5.41) is 6.56. The summed E-state index contributed by atoms with van der Waals surface area (Å²) in [6, 6.07) is 9.87. The average Bonchev–Trinajstić information content (AvgIpc) is 2.53. The van der Waals surface area contributed by atoms with Crippen molar-refractivity contribution in [2.45, 2.75) is 6.42 Å². The first-order valence-corrected chi connectivity index (χ1v) is 8.33. The number of halogens is 1. The van der Waals surface area contributed by atoms with Crippen LogP contribution in [0.25, 0.3) is 0 Å². The van der Waals surface area contributed by atoms with Crippen LogP contribution in [0.2, 0.25) is 0 Å². The van der Waals surface area contributed by atoms with Gasteiger partial charge in [0.2, 0.25) is 0 Å². The van der Waals surface area contributed by atoms with E-state index in [0.717, 1.165) is 42.7 Å². The molecule has 1 rings (SSSR count). The molecule has 0 spiro atoms. The van der Waals surface area contributed by atoms with E-state index < -0.39 is 0 Å². The highest BCUT2D eigenvalue weighted by atomic mass is 127. The SMILES string of the molecule is C=CCSCCNC(=NC)NCCCOc1ccccc1.I. The van der Waals surface area contributed by atoms with Crippen molar-refractivity contribution in [1.29, 1.82) is 0 Å². The Morgan fingerprint density at radius 1 is 1.27 bits per heavy atom. The third kappa shape index (κ3) is 10.8. The van der Waals surface area contributed by atoms with Gasteiger partial charge in [0, 0.05) is 31.6 Å². The number of hydrogen-bond donors (Lipinski definition) is 2. The van der Waals surface area contributed by atoms with Crippen molar-refractivity contribution in [3.8, 4) is 5.75 Å². The first-order valence-electron chi connectivity index (χ1n) is 7.18. The molecule has 4 nitrogen and oxygen atoms in total. The number of ether oxygens (including phenoxy) is 1. The average molecular weight is 435 g/mol. The lowest BCUT2D eigenvalue weighted by atomic mass is 10.3. The minimum Gasteiger partial charge on any atom is -0.494 e. The van der Waals surface area contributed by atoms with E-state index in [-0.39, 0.29) is 24.0 Å². The predicted molar refractivity (Wildman–Crippen MR) is 109 cm³/mol. The Bertz CT molecular complexity index is 415. The van der Waals surface area contributed by atoms with E-state index in [1.165, 1.54) is 0 Å². The molecule has 0 radical (unpaired) electrons. The quantitative estimate of drug-likeness (QED) is 0.195. The molecule has 0 atom stereocenters. The molecule has 1 aromatic carbocycles. The summed E-state index contributed by atoms with van der Waals surface area (Å²) in [6.45, 7) is 6.14. The van der Waals surface area contributed by atoms with E-state index in [2.05, 4.69) is 22.2 Å². The Balaban J connectivity index is 0.00000441. The molecule has 1 aromatic rings. The van der Waals surface area contributed by atoms with Gasteiger partial charge >= 0.3 is 0 Å². The number of thioether (sulfide) groups is 1. The van der Waals surface area contributed by atoms with Crippen molar-refractivity contribution in [3.05, 3.63) is 43.0 Å². The van der Waals surface area contributed by atoms with Crippen LogP contribution in [-0.4, -0.2) is 44.2 Å². The van der Waals surface area contributed by atoms with Crippen molar-refractivity contribution in [3.63, 3.8) is 0 Å². The number of para-hydroxylation sites is 1. The number of benzene rings is 1. The van der Waals surface area contributed by atoms with Crippen LogP contribution in [0.1, 0.15) is 6.42 Å². The van der Waals surface area contributed by atoms with Crippen molar-refractivity contribution in [2.24, 2.45) is 4.99 Å². The fourth-order valence-electron chi connectivity index (χ4n) is 1.61. The number of guanidine groups is 1. The predicted octanol–water partition coefficient (Wildman–Crippen LogP) is 3.16. The van der Waals surface area contributed by atoms with E-state index in [9.17, 15) is 0 Å². The van der Waals surface area contributed by atoms with Gasteiger partial charge in [0.1, 0.15) is 5.75 Å². The molecule has 0 saturated carbocycles. The Morgan fingerprint density at radius 2 is 2.00 bits per heavy atom. The second kappa shape index (κ2) is 15.0. The molecule has 0 aliphatic rings. The Hall–Kier alpha value is -0.890. The summed E-state index contributed by atoms with van der Waals surface area (Å²) in [4.78, 5) is 4.19. The molecule has 0 unspecified atom stereocenters. The Labute approximate surface area is 155 Å². The number of rotatable bonds is 10. The summed E-state index contributed by atoms with van der Waals surface area (Å²) in [6.07, 6.45) is 2.85. The smallest absolute Gasteiger partial charge is 0.191 e. The van der Waals surface area contributed by atoms with Gasteiger partial charge in [0.15, 0.2) is 5.96 Å². The van der Waals surface area contributed by atoms with E-state index in [1.807, 2.05) is 48.2 Å². The third-order valence-electron chi connectivity index (χ3n) is 2.62. The van der Waals surface area contributed by atoms with Gasteiger partial charge in [-0.3, -0.25) is 4.99 Å². The Morgan fingerprint density at radius 3 is 2.68 bits per heavy atom. The number of nitrogens with one attached hydrogen (secondary N) is 2. The topological polar surface area (TPSA) is 45.7 Å². The highest BCUT2D eigenvalue weighted by Gasteiger charge is 1.97. The summed E-state index contributed by atoms with van der Waals surface area (Å²) >= 11 is 1.85. The van der Waals surface area contributed by atoms with Gasteiger partial charge in [0.25, 0.3) is 0 Å². The highest BCUT2D eigenvalue weighted by Crippen LogP contribution is 2.07. The van der Waals surface area contributed by atoms with Gasteiger partial charge in [-0.15, -0.1) is 30.6 Å². The van der Waals surface area contributed by atoms with Crippen molar-refractivity contribution >= 4 is 41.7 Å². The fraction of sp³-hybridized carbons (Fsp3) is 0.438. The first kappa shape index (κ1) is 21.1. The molecular weight excluding hydrogens is 409 g/mol. The van der Waals surface area contributed by atoms with Crippen LogP contribution in [0.15, 0.2) is 48.0 Å². The molecule has 0 aliphatic carbocycles. The zero-order valence-electron chi connectivity index (χ0n) is 13.1. The van der Waals surface area contributed by atoms with Crippen LogP contribution in [0.4, 0.5) is 0 Å². The summed E-state index contributed by atoms with van der Waals surface area (Å²) < 4.78 is 5.63. The fourth-order valence-corrected chi connectivity index (χ4v) is 2.19. The van der Waals surface area contributed by atoms with E-state index in [0.29, 0.717) is 6.61 Å². The molecule has 0 aromatic heterocycles. The minimum atomic E-state index is 0. The van der Waals surface area contributed by atoms with Crippen molar-refractivity contribution in [1.82, 2.24) is 10.6 Å². The lowest BCUT2D eigenvalue weighted by molar-refractivity contribution is 0.311. The lowest BCUT2D eigenvalue weighted by Gasteiger charge is -2.12. The first-order chi connectivity index (χ1) is 10.4. The molecule has 2 N–H and O–H groups in total. The summed E-state index contributed by atoms with van der Waals surface area (Å²) in [7, 11) is 1.78. The second-order valence-electron chi connectivity index (χ2n) is 4.30. The molecule has 0 amide bonds. The molecular formula is C16H26IN3OS. The minimum absolute atomic E-state index is 0. The van der Waals surface area contributed by atoms with Crippen LogP contribution >= 0.6 is 35.7 Å². The lowest BCUT2D eigenvalue weighted by Crippen LogP contribution is -2.39. The highest BCUT2D eigenvalue weighted by molar-refractivity contribution is 14.0. The molecule has 22 heavy (non-hydrogen) atoms. The zero-order chi connectivity index (χ0) is 15.2. The van der Waals surface area contributed by atoms with E-state index >= 15 is 0 Å². The van der Waals surface area contributed by atoms with E-state index in [1.54, 1.807) is 7.05 Å². The van der Waals surface area contributed by atoms with Gasteiger partial charge < -0.3 is 15.4 Å². The largest absolute Gasteiger partial charge is 0.494 e. The van der Waals surface area contributed by atoms with Crippen LogP contribution in [0, 0.1) is 0 Å². The van der Waals surface area contributed by atoms with Gasteiger partial charge in [0.05, 0.1) is 6.61 Å². The maximum absolute atomic E-state index is 5.63. The van der Waals surface area contributed by atoms with Crippen LogP contribution in [0.5, 0.6) is 5.75 Å². The second-order valence-corrected chi connectivity index (χ2v) is 5.45. The normalized spacial score (nSPS) is 10.5.